The SMILES string of the molecule is Cc1cccc(NC(=O)N2CCCN(c3nc(Cc4ccccc4)nc4c3c(C)nn4-c3ccccc3)CC2)c1. The molecule has 1 fully saturated rings. The molecule has 1 aliphatic heterocycles. The molecule has 0 saturated carbocycles. The van der Waals surface area contributed by atoms with Crippen molar-refractivity contribution in [2.24, 2.45) is 0 Å². The predicted molar refractivity (Wildman–Crippen MR) is 159 cm³/mol. The lowest BCUT2D eigenvalue weighted by molar-refractivity contribution is 0.215. The maximum atomic E-state index is 13.1. The van der Waals surface area contributed by atoms with Gasteiger partial charge in [-0.3, -0.25) is 0 Å². The lowest BCUT2D eigenvalue weighted by Crippen LogP contribution is -2.38. The molecule has 1 N–H and O–H groups in total. The van der Waals surface area contributed by atoms with Gasteiger partial charge in [0.15, 0.2) is 5.65 Å². The first kappa shape index (κ1) is 25.6. The number of aryl methyl sites for hydroxylation is 2. The highest BCUT2D eigenvalue weighted by atomic mass is 16.2. The molecule has 5 aromatic rings. The van der Waals surface area contributed by atoms with Crippen molar-refractivity contribution in [3.63, 3.8) is 0 Å². The number of hydrogen-bond acceptors (Lipinski definition) is 5. The third kappa shape index (κ3) is 5.38. The number of hydrogen-bond donors (Lipinski definition) is 1. The van der Waals surface area contributed by atoms with Gasteiger partial charge in [-0.1, -0.05) is 60.7 Å². The van der Waals surface area contributed by atoms with Crippen LogP contribution in [0.15, 0.2) is 84.9 Å². The minimum absolute atomic E-state index is 0.0712. The van der Waals surface area contributed by atoms with E-state index < -0.39 is 0 Å². The smallest absolute Gasteiger partial charge is 0.321 e. The van der Waals surface area contributed by atoms with E-state index in [0.29, 0.717) is 26.1 Å². The summed E-state index contributed by atoms with van der Waals surface area (Å²) in [5, 5.41) is 8.91. The zero-order valence-electron chi connectivity index (χ0n) is 22.9. The van der Waals surface area contributed by atoms with Crippen LogP contribution in [0.2, 0.25) is 0 Å². The molecule has 0 radical (unpaired) electrons. The Kier molecular flexibility index (Phi) is 7.14. The highest BCUT2D eigenvalue weighted by Crippen LogP contribution is 2.30. The number of amides is 2. The van der Waals surface area contributed by atoms with Crippen LogP contribution in [0.4, 0.5) is 16.3 Å². The van der Waals surface area contributed by atoms with Crippen molar-refractivity contribution in [3.05, 3.63) is 108 Å². The fourth-order valence-electron chi connectivity index (χ4n) is 5.30. The van der Waals surface area contributed by atoms with Crippen molar-refractivity contribution < 1.29 is 4.79 Å². The van der Waals surface area contributed by atoms with Crippen LogP contribution in [0.1, 0.15) is 29.1 Å². The first-order valence-corrected chi connectivity index (χ1v) is 13.8. The molecule has 0 aliphatic carbocycles. The zero-order valence-corrected chi connectivity index (χ0v) is 22.9. The maximum Gasteiger partial charge on any atom is 0.321 e. The third-order valence-electron chi connectivity index (χ3n) is 7.29. The summed E-state index contributed by atoms with van der Waals surface area (Å²) in [7, 11) is 0. The molecular formula is C32H33N7O. The van der Waals surface area contributed by atoms with Crippen LogP contribution >= 0.6 is 0 Å². The third-order valence-corrected chi connectivity index (χ3v) is 7.29. The van der Waals surface area contributed by atoms with E-state index in [1.807, 2.05) is 96.2 Å². The fraction of sp³-hybridized carbons (Fsp3) is 0.250. The quantitative estimate of drug-likeness (QED) is 0.312. The van der Waals surface area contributed by atoms with E-state index in [9.17, 15) is 4.79 Å². The fourth-order valence-corrected chi connectivity index (χ4v) is 5.30. The average Bonchev–Trinajstić information content (AvgIpc) is 3.13. The van der Waals surface area contributed by atoms with Gasteiger partial charge in [-0.15, -0.1) is 0 Å². The minimum atomic E-state index is -0.0712. The summed E-state index contributed by atoms with van der Waals surface area (Å²) < 4.78 is 1.92. The first-order valence-electron chi connectivity index (χ1n) is 13.8. The van der Waals surface area contributed by atoms with E-state index in [1.165, 1.54) is 0 Å². The Hall–Kier alpha value is -4.72. The van der Waals surface area contributed by atoms with Gasteiger partial charge in [0, 0.05) is 38.3 Å². The molecule has 0 spiro atoms. The summed E-state index contributed by atoms with van der Waals surface area (Å²) in [5.74, 6) is 1.64. The van der Waals surface area contributed by atoms with E-state index >= 15 is 0 Å². The van der Waals surface area contributed by atoms with E-state index in [2.05, 4.69) is 22.3 Å². The van der Waals surface area contributed by atoms with Crippen molar-refractivity contribution in [3.8, 4) is 5.69 Å². The van der Waals surface area contributed by atoms with E-state index in [1.54, 1.807) is 0 Å². The molecule has 40 heavy (non-hydrogen) atoms. The average molecular weight is 532 g/mol. The van der Waals surface area contributed by atoms with Gasteiger partial charge in [-0.05, 0) is 55.7 Å². The Morgan fingerprint density at radius 3 is 2.40 bits per heavy atom. The molecule has 0 bridgehead atoms. The Balaban J connectivity index is 1.33. The van der Waals surface area contributed by atoms with Crippen molar-refractivity contribution in [1.82, 2.24) is 24.6 Å². The molecule has 2 aromatic heterocycles. The molecule has 6 rings (SSSR count). The number of para-hydroxylation sites is 1. The summed E-state index contributed by atoms with van der Waals surface area (Å²) in [4.78, 5) is 27.5. The second kappa shape index (κ2) is 11.2. The summed E-state index contributed by atoms with van der Waals surface area (Å²) in [6.07, 6.45) is 1.47. The summed E-state index contributed by atoms with van der Waals surface area (Å²) in [6, 6.07) is 28.2. The van der Waals surface area contributed by atoms with Crippen LogP contribution < -0.4 is 10.2 Å². The van der Waals surface area contributed by atoms with E-state index in [0.717, 1.165) is 63.8 Å². The second-order valence-electron chi connectivity index (χ2n) is 10.3. The number of carbonyl (C=O) groups excluding carboxylic acids is 1. The van der Waals surface area contributed by atoms with Crippen molar-refractivity contribution >= 4 is 28.6 Å². The van der Waals surface area contributed by atoms with Crippen molar-refractivity contribution in [2.45, 2.75) is 26.7 Å². The van der Waals surface area contributed by atoms with Crippen LogP contribution in [-0.4, -0.2) is 56.9 Å². The molecular weight excluding hydrogens is 498 g/mol. The molecule has 1 aliphatic rings. The van der Waals surface area contributed by atoms with Gasteiger partial charge in [0.05, 0.1) is 16.8 Å². The van der Waals surface area contributed by atoms with E-state index in [-0.39, 0.29) is 6.03 Å². The Bertz CT molecular complexity index is 1630. The number of nitrogens with zero attached hydrogens (tertiary/aromatic N) is 6. The molecule has 8 nitrogen and oxygen atoms in total. The normalized spacial score (nSPS) is 13.8. The minimum Gasteiger partial charge on any atom is -0.354 e. The van der Waals surface area contributed by atoms with Crippen LogP contribution in [0.3, 0.4) is 0 Å². The number of nitrogens with one attached hydrogen (secondary N) is 1. The molecule has 1 saturated heterocycles. The maximum absolute atomic E-state index is 13.1. The monoisotopic (exact) mass is 531 g/mol. The van der Waals surface area contributed by atoms with Crippen molar-refractivity contribution in [1.29, 1.82) is 0 Å². The predicted octanol–water partition coefficient (Wildman–Crippen LogP) is 5.77. The highest BCUT2D eigenvalue weighted by Gasteiger charge is 2.25. The van der Waals surface area contributed by atoms with Gasteiger partial charge in [0.25, 0.3) is 0 Å². The summed E-state index contributed by atoms with van der Waals surface area (Å²) in [5.41, 5.74) is 5.75. The molecule has 0 atom stereocenters. The van der Waals surface area contributed by atoms with Gasteiger partial charge >= 0.3 is 6.03 Å². The number of carbonyl (C=O) groups is 1. The number of rotatable bonds is 5. The number of benzene rings is 3. The highest BCUT2D eigenvalue weighted by molar-refractivity contribution is 5.91. The van der Waals surface area contributed by atoms with Crippen LogP contribution in [-0.2, 0) is 6.42 Å². The zero-order chi connectivity index (χ0) is 27.5. The molecule has 2 amide bonds. The number of urea groups is 1. The van der Waals surface area contributed by atoms with Gasteiger partial charge in [-0.25, -0.2) is 19.4 Å². The molecule has 3 heterocycles. The van der Waals surface area contributed by atoms with Gasteiger partial charge < -0.3 is 15.1 Å². The van der Waals surface area contributed by atoms with Crippen LogP contribution in [0.25, 0.3) is 16.7 Å². The van der Waals surface area contributed by atoms with Crippen LogP contribution in [0.5, 0.6) is 0 Å². The number of anilines is 2. The first-order chi connectivity index (χ1) is 19.5. The molecule has 202 valence electrons. The molecule has 0 unspecified atom stereocenters. The van der Waals surface area contributed by atoms with Gasteiger partial charge in [-0.2, -0.15) is 5.10 Å². The van der Waals surface area contributed by atoms with Gasteiger partial charge in [0.1, 0.15) is 11.6 Å². The number of fused-ring (bicyclic) bond motifs is 1. The topological polar surface area (TPSA) is 79.2 Å². The summed E-state index contributed by atoms with van der Waals surface area (Å²) >= 11 is 0. The van der Waals surface area contributed by atoms with E-state index in [4.69, 9.17) is 15.1 Å². The lowest BCUT2D eigenvalue weighted by Gasteiger charge is -2.24. The Morgan fingerprint density at radius 2 is 1.62 bits per heavy atom. The molecule has 3 aromatic carbocycles. The summed E-state index contributed by atoms with van der Waals surface area (Å²) in [6.45, 7) is 6.79. The van der Waals surface area contributed by atoms with Gasteiger partial charge in [0.2, 0.25) is 0 Å². The Morgan fingerprint density at radius 1 is 0.850 bits per heavy atom. The second-order valence-corrected chi connectivity index (χ2v) is 10.3. The Labute approximate surface area is 234 Å². The van der Waals surface area contributed by atoms with Crippen LogP contribution in [0, 0.1) is 13.8 Å². The lowest BCUT2D eigenvalue weighted by atomic mass is 10.1. The largest absolute Gasteiger partial charge is 0.354 e. The van der Waals surface area contributed by atoms with Crippen molar-refractivity contribution in [2.75, 3.05) is 36.4 Å². The number of aromatic nitrogens is 4. The molecule has 8 heteroatoms. The standard InChI is InChI=1S/C32H33N7O/c1-23-11-9-14-26(21-23)33-32(40)38-18-10-17-37(19-20-38)30-29-24(2)36-39(27-15-7-4-8-16-27)31(29)35-28(34-30)22-25-12-5-3-6-13-25/h3-9,11-16,21H,10,17-20,22H2,1-2H3,(H,33,40).